The number of nitro benzene ring substituents is 1. The van der Waals surface area contributed by atoms with Crippen molar-refractivity contribution in [1.29, 1.82) is 0 Å². The molecule has 1 heterocycles. The van der Waals surface area contributed by atoms with E-state index in [1.54, 1.807) is 24.3 Å². The maximum absolute atomic E-state index is 12.3. The number of para-hydroxylation sites is 1. The summed E-state index contributed by atoms with van der Waals surface area (Å²) in [6, 6.07) is 14.7. The smallest absolute Gasteiger partial charge is 0.301 e. The molecule has 10 nitrogen and oxygen atoms in total. The predicted molar refractivity (Wildman–Crippen MR) is 105 cm³/mol. The Labute approximate surface area is 175 Å². The van der Waals surface area contributed by atoms with Crippen molar-refractivity contribution in [2.75, 3.05) is 0 Å². The summed E-state index contributed by atoms with van der Waals surface area (Å²) in [6.45, 7) is 0.0669. The van der Waals surface area contributed by atoms with Gasteiger partial charge in [-0.3, -0.25) is 20.3 Å². The number of benzene rings is 2. The molecule has 1 amide bonds. The molecule has 0 saturated carbocycles. The number of nitrogens with one attached hydrogen (secondary N) is 2. The highest BCUT2D eigenvalue weighted by Crippen LogP contribution is 2.26. The number of rotatable bonds is 8. The molecule has 0 aliphatic carbocycles. The Morgan fingerprint density at radius 3 is 2.57 bits per heavy atom. The van der Waals surface area contributed by atoms with Crippen LogP contribution in [0.3, 0.4) is 0 Å². The van der Waals surface area contributed by atoms with Gasteiger partial charge in [-0.05, 0) is 36.4 Å². The van der Waals surface area contributed by atoms with Crippen molar-refractivity contribution in [3.8, 4) is 5.75 Å². The normalized spacial score (nSPS) is 11.1. The number of amides is 1. The lowest BCUT2D eigenvalue weighted by molar-refractivity contribution is -0.384. The Morgan fingerprint density at radius 2 is 1.87 bits per heavy atom. The Kier molecular flexibility index (Phi) is 6.35. The fraction of sp³-hybridized carbons (Fsp3) is 0.0556. The molecule has 0 fully saturated rings. The van der Waals surface area contributed by atoms with Crippen molar-refractivity contribution in [1.82, 2.24) is 10.3 Å². The largest absolute Gasteiger partial charge is 0.486 e. The van der Waals surface area contributed by atoms with Crippen molar-refractivity contribution < 1.29 is 27.3 Å². The first kappa shape index (κ1) is 21.3. The van der Waals surface area contributed by atoms with E-state index in [0.29, 0.717) is 11.5 Å². The van der Waals surface area contributed by atoms with E-state index >= 15 is 0 Å². The number of halogens is 1. The van der Waals surface area contributed by atoms with Crippen molar-refractivity contribution in [3.05, 3.63) is 87.3 Å². The van der Waals surface area contributed by atoms with Gasteiger partial charge >= 0.3 is 5.91 Å². The highest BCUT2D eigenvalue weighted by molar-refractivity contribution is 7.89. The molecule has 1 aromatic heterocycles. The number of hydrazine groups is 1. The van der Waals surface area contributed by atoms with Gasteiger partial charge in [0.05, 0.1) is 9.82 Å². The summed E-state index contributed by atoms with van der Waals surface area (Å²) in [5, 5.41) is 10.7. The molecular weight excluding hydrogens is 438 g/mol. The van der Waals surface area contributed by atoms with Crippen molar-refractivity contribution in [2.24, 2.45) is 0 Å². The fourth-order valence-electron chi connectivity index (χ4n) is 2.28. The number of nitro groups is 1. The summed E-state index contributed by atoms with van der Waals surface area (Å²) < 4.78 is 35.4. The van der Waals surface area contributed by atoms with Crippen LogP contribution in [0.15, 0.2) is 70.0 Å². The van der Waals surface area contributed by atoms with Gasteiger partial charge in [0.15, 0.2) is 5.76 Å². The molecule has 30 heavy (non-hydrogen) atoms. The van der Waals surface area contributed by atoms with E-state index in [-0.39, 0.29) is 17.4 Å². The SMILES string of the molecule is O=C(NNS(=O)(=O)c1ccc(Cl)c([N+](=O)[O-])c1)c1ccc(COc2ccccc2)o1. The van der Waals surface area contributed by atoms with Crippen LogP contribution in [0.4, 0.5) is 5.69 Å². The minimum Gasteiger partial charge on any atom is -0.486 e. The summed E-state index contributed by atoms with van der Waals surface area (Å²) in [5.41, 5.74) is 1.39. The third-order valence-electron chi connectivity index (χ3n) is 3.73. The monoisotopic (exact) mass is 451 g/mol. The van der Waals surface area contributed by atoms with Crippen molar-refractivity contribution >= 4 is 33.2 Å². The van der Waals surface area contributed by atoms with E-state index in [0.717, 1.165) is 18.2 Å². The number of nitrogens with zero attached hydrogens (tertiary/aromatic N) is 1. The first-order chi connectivity index (χ1) is 14.3. The first-order valence-corrected chi connectivity index (χ1v) is 10.1. The number of carbonyl (C=O) groups excluding carboxylic acids is 1. The lowest BCUT2D eigenvalue weighted by atomic mass is 10.3. The summed E-state index contributed by atoms with van der Waals surface area (Å²) >= 11 is 5.67. The quantitative estimate of drug-likeness (QED) is 0.396. The minimum absolute atomic E-state index is 0.0669. The zero-order valence-electron chi connectivity index (χ0n) is 15.1. The zero-order chi connectivity index (χ0) is 21.7. The fourth-order valence-corrected chi connectivity index (χ4v) is 3.33. The van der Waals surface area contributed by atoms with Gasteiger partial charge in [-0.15, -0.1) is 4.83 Å². The topological polar surface area (TPSA) is 141 Å². The standard InChI is InChI=1S/C18H14ClN3O7S/c19-15-8-7-14(10-16(15)22(24)25)30(26,27)21-20-18(23)17-9-6-13(29-17)11-28-12-4-2-1-3-5-12/h1-10,21H,11H2,(H,20,23). The van der Waals surface area contributed by atoms with E-state index in [2.05, 4.69) is 0 Å². The second-order valence-electron chi connectivity index (χ2n) is 5.80. The Bertz CT molecular complexity index is 1180. The lowest BCUT2D eigenvalue weighted by Gasteiger charge is -2.08. The van der Waals surface area contributed by atoms with Gasteiger partial charge in [-0.2, -0.15) is 0 Å². The highest BCUT2D eigenvalue weighted by atomic mass is 35.5. The molecule has 3 rings (SSSR count). The Hall–Kier alpha value is -3.41. The molecule has 3 aromatic rings. The summed E-state index contributed by atoms with van der Waals surface area (Å²) in [7, 11) is -4.29. The molecule has 0 atom stereocenters. The van der Waals surface area contributed by atoms with Crippen LogP contribution >= 0.6 is 11.6 Å². The van der Waals surface area contributed by atoms with Gasteiger partial charge in [0, 0.05) is 6.07 Å². The van der Waals surface area contributed by atoms with Crippen LogP contribution in [0.2, 0.25) is 5.02 Å². The van der Waals surface area contributed by atoms with Crippen molar-refractivity contribution in [3.63, 3.8) is 0 Å². The van der Waals surface area contributed by atoms with Gasteiger partial charge in [-0.25, -0.2) is 8.42 Å². The van der Waals surface area contributed by atoms with E-state index in [4.69, 9.17) is 20.8 Å². The van der Waals surface area contributed by atoms with E-state index in [1.165, 1.54) is 12.1 Å². The van der Waals surface area contributed by atoms with Crippen LogP contribution in [-0.2, 0) is 16.6 Å². The zero-order valence-corrected chi connectivity index (χ0v) is 16.6. The van der Waals surface area contributed by atoms with Crippen LogP contribution in [-0.4, -0.2) is 19.2 Å². The molecule has 2 N–H and O–H groups in total. The van der Waals surface area contributed by atoms with Gasteiger partial charge in [0.1, 0.15) is 23.1 Å². The molecule has 2 aromatic carbocycles. The number of sulfonamides is 1. The molecular formula is C18H14ClN3O7S. The molecule has 0 radical (unpaired) electrons. The third kappa shape index (κ3) is 5.14. The number of carbonyl (C=O) groups is 1. The van der Waals surface area contributed by atoms with Crippen LogP contribution in [0, 0.1) is 10.1 Å². The Balaban J connectivity index is 1.62. The molecule has 0 bridgehead atoms. The molecule has 0 aliphatic heterocycles. The lowest BCUT2D eigenvalue weighted by Crippen LogP contribution is -2.41. The highest BCUT2D eigenvalue weighted by Gasteiger charge is 2.22. The average molecular weight is 452 g/mol. The molecule has 0 saturated heterocycles. The molecule has 0 spiro atoms. The number of ether oxygens (including phenoxy) is 1. The van der Waals surface area contributed by atoms with Gasteiger partial charge in [0.2, 0.25) is 0 Å². The summed E-state index contributed by atoms with van der Waals surface area (Å²) in [5.74, 6) is -0.0654. The Morgan fingerprint density at radius 1 is 1.13 bits per heavy atom. The second-order valence-corrected chi connectivity index (χ2v) is 7.89. The second kappa shape index (κ2) is 8.95. The van der Waals surface area contributed by atoms with E-state index in [1.807, 2.05) is 16.3 Å². The average Bonchev–Trinajstić information content (AvgIpc) is 3.20. The van der Waals surface area contributed by atoms with Crippen LogP contribution < -0.4 is 15.0 Å². The number of furan rings is 1. The van der Waals surface area contributed by atoms with Gasteiger partial charge < -0.3 is 9.15 Å². The number of hydrogen-bond donors (Lipinski definition) is 2. The van der Waals surface area contributed by atoms with Crippen LogP contribution in [0.5, 0.6) is 5.75 Å². The predicted octanol–water partition coefficient (Wildman–Crippen LogP) is 3.04. The molecule has 0 unspecified atom stereocenters. The van der Waals surface area contributed by atoms with Gasteiger partial charge in [-0.1, -0.05) is 29.8 Å². The molecule has 0 aliphatic rings. The van der Waals surface area contributed by atoms with Gasteiger partial charge in [0.25, 0.3) is 15.7 Å². The maximum atomic E-state index is 12.3. The van der Waals surface area contributed by atoms with E-state index in [9.17, 15) is 23.3 Å². The van der Waals surface area contributed by atoms with Crippen LogP contribution in [0.1, 0.15) is 16.3 Å². The molecule has 156 valence electrons. The maximum Gasteiger partial charge on any atom is 0.301 e. The number of hydrogen-bond acceptors (Lipinski definition) is 7. The van der Waals surface area contributed by atoms with Crippen LogP contribution in [0.25, 0.3) is 0 Å². The minimum atomic E-state index is -4.29. The van der Waals surface area contributed by atoms with Crippen molar-refractivity contribution in [2.45, 2.75) is 11.5 Å². The van der Waals surface area contributed by atoms with E-state index < -0.39 is 31.4 Å². The first-order valence-electron chi connectivity index (χ1n) is 8.29. The summed E-state index contributed by atoms with van der Waals surface area (Å²) in [6.07, 6.45) is 0. The summed E-state index contributed by atoms with van der Waals surface area (Å²) in [4.78, 5) is 23.6. The molecule has 12 heteroatoms. The third-order valence-corrected chi connectivity index (χ3v) is 5.30.